The van der Waals surface area contributed by atoms with E-state index in [1.54, 1.807) is 0 Å². The van der Waals surface area contributed by atoms with Crippen LogP contribution in [0.2, 0.25) is 0 Å². The molecule has 148 valence electrons. The summed E-state index contributed by atoms with van der Waals surface area (Å²) in [4.78, 5) is 24.2. The summed E-state index contributed by atoms with van der Waals surface area (Å²) in [6.45, 7) is -0.249. The molecule has 2 N–H and O–H groups in total. The van der Waals surface area contributed by atoms with Crippen molar-refractivity contribution >= 4 is 11.9 Å². The maximum absolute atomic E-state index is 13.0. The van der Waals surface area contributed by atoms with Gasteiger partial charge in [0, 0.05) is 6.54 Å². The molecule has 0 aromatic heterocycles. The Hall–Kier alpha value is -2.90. The molecular weight excluding hydrogens is 378 g/mol. The molecule has 1 aliphatic rings. The van der Waals surface area contributed by atoms with Crippen molar-refractivity contribution in [3.8, 4) is 0 Å². The van der Waals surface area contributed by atoms with E-state index in [9.17, 15) is 32.3 Å². The highest BCUT2D eigenvalue weighted by molar-refractivity contribution is 5.91. The summed E-state index contributed by atoms with van der Waals surface area (Å²) < 4.78 is 51.9. The van der Waals surface area contributed by atoms with Crippen LogP contribution in [-0.2, 0) is 21.2 Å². The fraction of sp³-hybridized carbons (Fsp3) is 0.300. The zero-order valence-electron chi connectivity index (χ0n) is 14.6. The molecule has 3 rings (SSSR count). The third kappa shape index (κ3) is 4.00. The largest absolute Gasteiger partial charge is 0.481 e. The van der Waals surface area contributed by atoms with Crippen molar-refractivity contribution in [3.05, 3.63) is 71.0 Å². The van der Waals surface area contributed by atoms with Crippen molar-refractivity contribution in [1.82, 2.24) is 5.32 Å². The minimum absolute atomic E-state index is 0.249. The molecular formula is C20H17F4NO3. The minimum Gasteiger partial charge on any atom is -0.481 e. The predicted octanol–water partition coefficient (Wildman–Crippen LogP) is 3.86. The van der Waals surface area contributed by atoms with Crippen LogP contribution in [0.5, 0.6) is 0 Å². The molecule has 2 aromatic carbocycles. The maximum Gasteiger partial charge on any atom is 0.416 e. The smallest absolute Gasteiger partial charge is 0.416 e. The lowest BCUT2D eigenvalue weighted by Crippen LogP contribution is -2.38. The van der Waals surface area contributed by atoms with E-state index in [0.29, 0.717) is 18.4 Å². The van der Waals surface area contributed by atoms with E-state index in [2.05, 4.69) is 5.32 Å². The number of carbonyl (C=O) groups excluding carboxylic acids is 1. The number of hydrogen-bond donors (Lipinski definition) is 2. The first-order valence-electron chi connectivity index (χ1n) is 8.58. The third-order valence-electron chi connectivity index (χ3n) is 4.96. The van der Waals surface area contributed by atoms with Gasteiger partial charge in [-0.15, -0.1) is 0 Å². The van der Waals surface area contributed by atoms with E-state index in [-0.39, 0.29) is 12.1 Å². The number of rotatable bonds is 6. The fourth-order valence-electron chi connectivity index (χ4n) is 3.17. The topological polar surface area (TPSA) is 66.4 Å². The van der Waals surface area contributed by atoms with E-state index < -0.39 is 40.8 Å². The number of hydrogen-bond acceptors (Lipinski definition) is 2. The summed E-state index contributed by atoms with van der Waals surface area (Å²) in [5, 5.41) is 11.9. The summed E-state index contributed by atoms with van der Waals surface area (Å²) >= 11 is 0. The van der Waals surface area contributed by atoms with E-state index in [1.165, 1.54) is 24.3 Å². The monoisotopic (exact) mass is 395 g/mol. The molecule has 8 heteroatoms. The molecule has 4 nitrogen and oxygen atoms in total. The summed E-state index contributed by atoms with van der Waals surface area (Å²) in [7, 11) is 0. The number of carbonyl (C=O) groups is 2. The second-order valence-electron chi connectivity index (χ2n) is 6.81. The molecule has 1 atom stereocenters. The van der Waals surface area contributed by atoms with Crippen molar-refractivity contribution < 1.29 is 32.3 Å². The zero-order valence-corrected chi connectivity index (χ0v) is 14.6. The predicted molar refractivity (Wildman–Crippen MR) is 92.1 cm³/mol. The normalized spacial score (nSPS) is 16.3. The van der Waals surface area contributed by atoms with Crippen molar-refractivity contribution in [2.45, 2.75) is 30.4 Å². The van der Waals surface area contributed by atoms with Crippen LogP contribution in [0.25, 0.3) is 0 Å². The highest BCUT2D eigenvalue weighted by Gasteiger charge is 2.51. The lowest BCUT2D eigenvalue weighted by molar-refractivity contribution is -0.139. The zero-order chi connectivity index (χ0) is 20.5. The number of aliphatic carboxylic acids is 1. The summed E-state index contributed by atoms with van der Waals surface area (Å²) in [6, 6.07) is 9.50. The Kier molecular flexibility index (Phi) is 5.14. The number of alkyl halides is 3. The first kappa shape index (κ1) is 19.9. The van der Waals surface area contributed by atoms with E-state index >= 15 is 0 Å². The average molecular weight is 395 g/mol. The number of halogens is 4. The molecule has 2 aromatic rings. The first-order valence-corrected chi connectivity index (χ1v) is 8.58. The van der Waals surface area contributed by atoms with Crippen molar-refractivity contribution in [2.24, 2.45) is 0 Å². The van der Waals surface area contributed by atoms with Crippen molar-refractivity contribution in [1.29, 1.82) is 0 Å². The number of benzene rings is 2. The number of amides is 1. The molecule has 1 fully saturated rings. The molecule has 0 radical (unpaired) electrons. The molecule has 1 aliphatic carbocycles. The van der Waals surface area contributed by atoms with Gasteiger partial charge in [0.15, 0.2) is 0 Å². The lowest BCUT2D eigenvalue weighted by Gasteiger charge is -2.19. The Balaban J connectivity index is 1.75. The first-order chi connectivity index (χ1) is 13.1. The summed E-state index contributed by atoms with van der Waals surface area (Å²) in [5.41, 5.74) is -1.34. The standard InChI is InChI=1S/C20H17F4NO3/c21-15-6-4-12(5-7-15)16(17(26)27)11-25-18(28)19(8-9-19)13-2-1-3-14(10-13)20(22,23)24/h1-7,10,16H,8-9,11H2,(H,25,28)(H,26,27). The van der Waals surface area contributed by atoms with Crippen LogP contribution >= 0.6 is 0 Å². The van der Waals surface area contributed by atoms with Gasteiger partial charge in [0.1, 0.15) is 5.82 Å². The van der Waals surface area contributed by atoms with Gasteiger partial charge in [-0.05, 0) is 42.2 Å². The van der Waals surface area contributed by atoms with Gasteiger partial charge >= 0.3 is 12.1 Å². The molecule has 1 saturated carbocycles. The van der Waals surface area contributed by atoms with Gasteiger partial charge in [0.05, 0.1) is 16.9 Å². The van der Waals surface area contributed by atoms with Gasteiger partial charge in [-0.25, -0.2) is 4.39 Å². The Morgan fingerprint density at radius 1 is 1.11 bits per heavy atom. The average Bonchev–Trinajstić information content (AvgIpc) is 3.44. The number of carboxylic acids is 1. The van der Waals surface area contributed by atoms with Gasteiger partial charge in [-0.1, -0.05) is 30.3 Å². The van der Waals surface area contributed by atoms with Gasteiger partial charge in [-0.3, -0.25) is 9.59 Å². The molecule has 0 heterocycles. The lowest BCUT2D eigenvalue weighted by atomic mass is 9.92. The quantitative estimate of drug-likeness (QED) is 0.730. The van der Waals surface area contributed by atoms with E-state index in [0.717, 1.165) is 24.3 Å². The Morgan fingerprint density at radius 3 is 2.29 bits per heavy atom. The maximum atomic E-state index is 13.0. The van der Waals surface area contributed by atoms with Gasteiger partial charge in [0.25, 0.3) is 0 Å². The fourth-order valence-corrected chi connectivity index (χ4v) is 3.17. The number of nitrogens with one attached hydrogen (secondary N) is 1. The van der Waals surface area contributed by atoms with Crippen LogP contribution < -0.4 is 5.32 Å². The highest BCUT2D eigenvalue weighted by Crippen LogP contribution is 2.49. The van der Waals surface area contributed by atoms with E-state index in [1.807, 2.05) is 0 Å². The molecule has 0 saturated heterocycles. The Bertz CT molecular complexity index is 889. The Labute approximate surface area is 158 Å². The van der Waals surface area contributed by atoms with Gasteiger partial charge in [0.2, 0.25) is 5.91 Å². The SMILES string of the molecule is O=C(O)C(CNC(=O)C1(c2cccc(C(F)(F)F)c2)CC1)c1ccc(F)cc1. The van der Waals surface area contributed by atoms with Crippen LogP contribution in [0.4, 0.5) is 17.6 Å². The van der Waals surface area contributed by atoms with Crippen LogP contribution in [0.15, 0.2) is 48.5 Å². The van der Waals surface area contributed by atoms with E-state index in [4.69, 9.17) is 0 Å². The van der Waals surface area contributed by atoms with Crippen LogP contribution in [0.3, 0.4) is 0 Å². The Morgan fingerprint density at radius 2 is 1.75 bits per heavy atom. The molecule has 1 unspecified atom stereocenters. The highest BCUT2D eigenvalue weighted by atomic mass is 19.4. The summed E-state index contributed by atoms with van der Waals surface area (Å²) in [5.74, 6) is -3.32. The molecule has 0 bridgehead atoms. The van der Waals surface area contributed by atoms with Crippen molar-refractivity contribution in [2.75, 3.05) is 6.54 Å². The number of carboxylic acid groups (broad SMARTS) is 1. The van der Waals surface area contributed by atoms with Gasteiger partial charge < -0.3 is 10.4 Å². The van der Waals surface area contributed by atoms with Crippen LogP contribution in [-0.4, -0.2) is 23.5 Å². The van der Waals surface area contributed by atoms with Crippen LogP contribution in [0.1, 0.15) is 35.4 Å². The molecule has 0 spiro atoms. The summed E-state index contributed by atoms with van der Waals surface area (Å²) in [6.07, 6.45) is -3.75. The molecule has 0 aliphatic heterocycles. The second kappa shape index (κ2) is 7.26. The van der Waals surface area contributed by atoms with Gasteiger partial charge in [-0.2, -0.15) is 13.2 Å². The molecule has 1 amide bonds. The second-order valence-corrected chi connectivity index (χ2v) is 6.81. The van der Waals surface area contributed by atoms with Crippen LogP contribution in [0, 0.1) is 5.82 Å². The van der Waals surface area contributed by atoms with Crippen molar-refractivity contribution in [3.63, 3.8) is 0 Å². The minimum atomic E-state index is -4.51. The molecule has 28 heavy (non-hydrogen) atoms. The third-order valence-corrected chi connectivity index (χ3v) is 4.96.